The van der Waals surface area contributed by atoms with Crippen LogP contribution < -0.4 is 20.1 Å². The van der Waals surface area contributed by atoms with Gasteiger partial charge in [-0.2, -0.15) is 0 Å². The highest BCUT2D eigenvalue weighted by molar-refractivity contribution is 5.91. The molecule has 0 fully saturated rings. The highest BCUT2D eigenvalue weighted by atomic mass is 16.5. The Morgan fingerprint density at radius 2 is 1.82 bits per heavy atom. The first-order valence-electron chi connectivity index (χ1n) is 8.97. The Balaban J connectivity index is 1.46. The molecule has 1 heterocycles. The van der Waals surface area contributed by atoms with E-state index in [0.717, 1.165) is 10.9 Å². The molecule has 0 bridgehead atoms. The number of benzene rings is 2. The summed E-state index contributed by atoms with van der Waals surface area (Å²) in [4.78, 5) is 16.3. The van der Waals surface area contributed by atoms with Crippen LogP contribution >= 0.6 is 0 Å². The number of urea groups is 1. The monoisotopic (exact) mass is 375 g/mol. The van der Waals surface area contributed by atoms with Crippen LogP contribution in [0.1, 0.15) is 6.92 Å². The molecule has 0 atom stereocenters. The van der Waals surface area contributed by atoms with E-state index < -0.39 is 0 Å². The van der Waals surface area contributed by atoms with Crippen molar-refractivity contribution in [1.29, 1.82) is 0 Å². The van der Waals surface area contributed by atoms with Crippen molar-refractivity contribution in [3.8, 4) is 23.3 Å². The van der Waals surface area contributed by atoms with Crippen molar-refractivity contribution in [3.63, 3.8) is 0 Å². The van der Waals surface area contributed by atoms with E-state index in [-0.39, 0.29) is 19.2 Å². The first-order valence-corrected chi connectivity index (χ1v) is 8.97. The van der Waals surface area contributed by atoms with Crippen molar-refractivity contribution in [1.82, 2.24) is 10.3 Å². The van der Waals surface area contributed by atoms with E-state index >= 15 is 0 Å². The molecule has 0 aliphatic rings. The minimum atomic E-state index is -0.347. The molecule has 0 saturated heterocycles. The highest BCUT2D eigenvalue weighted by Crippen LogP contribution is 2.23. The van der Waals surface area contributed by atoms with Gasteiger partial charge >= 0.3 is 6.03 Å². The quantitative estimate of drug-likeness (QED) is 0.642. The third-order valence-electron chi connectivity index (χ3n) is 3.79. The average Bonchev–Trinajstić information content (AvgIpc) is 2.72. The third-order valence-corrected chi connectivity index (χ3v) is 3.79. The lowest BCUT2D eigenvalue weighted by Gasteiger charge is -2.11. The van der Waals surface area contributed by atoms with Gasteiger partial charge in [-0.25, -0.2) is 4.79 Å². The molecule has 0 saturated carbocycles. The molecule has 6 nitrogen and oxygen atoms in total. The fourth-order valence-electron chi connectivity index (χ4n) is 2.56. The minimum absolute atomic E-state index is 0.208. The maximum atomic E-state index is 12.0. The van der Waals surface area contributed by atoms with Crippen LogP contribution in [-0.2, 0) is 0 Å². The van der Waals surface area contributed by atoms with Crippen LogP contribution in [0.15, 0.2) is 60.8 Å². The highest BCUT2D eigenvalue weighted by Gasteiger charge is 2.05. The van der Waals surface area contributed by atoms with E-state index in [4.69, 9.17) is 9.47 Å². The van der Waals surface area contributed by atoms with Gasteiger partial charge in [0.25, 0.3) is 0 Å². The molecule has 142 valence electrons. The summed E-state index contributed by atoms with van der Waals surface area (Å²) in [5, 5.41) is 6.44. The topological polar surface area (TPSA) is 72.5 Å². The fourth-order valence-corrected chi connectivity index (χ4v) is 2.56. The SMILES string of the molecule is CCOc1ccccc1NC(=O)NCC#CCOc1cccc2cccnc12. The number of rotatable bonds is 6. The Morgan fingerprint density at radius 3 is 2.71 bits per heavy atom. The summed E-state index contributed by atoms with van der Waals surface area (Å²) in [6, 6.07) is 16.5. The van der Waals surface area contributed by atoms with Crippen molar-refractivity contribution in [2.24, 2.45) is 0 Å². The summed E-state index contributed by atoms with van der Waals surface area (Å²) in [5.74, 6) is 7.06. The van der Waals surface area contributed by atoms with Crippen LogP contribution in [0, 0.1) is 11.8 Å². The lowest BCUT2D eigenvalue weighted by atomic mass is 10.2. The number of ether oxygens (including phenoxy) is 2. The summed E-state index contributed by atoms with van der Waals surface area (Å²) >= 11 is 0. The van der Waals surface area contributed by atoms with Crippen molar-refractivity contribution < 1.29 is 14.3 Å². The molecule has 1 aromatic heterocycles. The van der Waals surface area contributed by atoms with Gasteiger partial charge in [0, 0.05) is 11.6 Å². The van der Waals surface area contributed by atoms with Gasteiger partial charge < -0.3 is 20.1 Å². The number of aromatic nitrogens is 1. The van der Waals surface area contributed by atoms with Gasteiger partial charge in [0.2, 0.25) is 0 Å². The Bertz CT molecular complexity index is 1000. The number of anilines is 1. The van der Waals surface area contributed by atoms with Crippen molar-refractivity contribution in [3.05, 3.63) is 60.8 Å². The Morgan fingerprint density at radius 1 is 1.00 bits per heavy atom. The van der Waals surface area contributed by atoms with Crippen LogP contribution in [0.25, 0.3) is 10.9 Å². The summed E-state index contributed by atoms with van der Waals surface area (Å²) in [6.07, 6.45) is 1.73. The number of pyridine rings is 1. The zero-order valence-electron chi connectivity index (χ0n) is 15.6. The summed E-state index contributed by atoms with van der Waals surface area (Å²) in [7, 11) is 0. The lowest BCUT2D eigenvalue weighted by molar-refractivity contribution is 0.253. The second-order valence-corrected chi connectivity index (χ2v) is 5.71. The Hall–Kier alpha value is -3.72. The molecule has 2 amide bonds. The van der Waals surface area contributed by atoms with Crippen molar-refractivity contribution in [2.45, 2.75) is 6.92 Å². The number of hydrogen-bond donors (Lipinski definition) is 2. The molecule has 6 heteroatoms. The first kappa shape index (κ1) is 19.1. The van der Waals surface area contributed by atoms with Crippen molar-refractivity contribution in [2.75, 3.05) is 25.1 Å². The van der Waals surface area contributed by atoms with Gasteiger partial charge in [-0.15, -0.1) is 0 Å². The zero-order chi connectivity index (χ0) is 19.6. The van der Waals surface area contributed by atoms with E-state index in [1.165, 1.54) is 0 Å². The molecule has 0 aliphatic carbocycles. The average molecular weight is 375 g/mol. The normalized spacial score (nSPS) is 9.89. The van der Waals surface area contributed by atoms with Gasteiger partial charge in [0.15, 0.2) is 0 Å². The Labute approximate surface area is 163 Å². The van der Waals surface area contributed by atoms with Crippen LogP contribution in [0.2, 0.25) is 0 Å². The largest absolute Gasteiger partial charge is 0.492 e. The van der Waals surface area contributed by atoms with E-state index in [0.29, 0.717) is 23.8 Å². The van der Waals surface area contributed by atoms with Gasteiger partial charge in [-0.1, -0.05) is 42.2 Å². The molecular formula is C22H21N3O3. The van der Waals surface area contributed by atoms with E-state index in [1.807, 2.05) is 49.4 Å². The maximum Gasteiger partial charge on any atom is 0.320 e. The fraction of sp³-hybridized carbons (Fsp3) is 0.182. The molecular weight excluding hydrogens is 354 g/mol. The van der Waals surface area contributed by atoms with Gasteiger partial charge in [-0.05, 0) is 31.2 Å². The van der Waals surface area contributed by atoms with Gasteiger partial charge in [-0.3, -0.25) is 4.98 Å². The summed E-state index contributed by atoms with van der Waals surface area (Å²) in [5.41, 5.74) is 1.42. The standard InChI is InChI=1S/C22H21N3O3/c1-2-27-19-12-4-3-11-18(19)25-22(26)24-14-5-6-16-28-20-13-7-9-17-10-8-15-23-21(17)20/h3-4,7-13,15H,2,14,16H2,1H3,(H2,24,25,26). The smallest absolute Gasteiger partial charge is 0.320 e. The van der Waals surface area contributed by atoms with Crippen LogP contribution in [0.3, 0.4) is 0 Å². The molecule has 0 radical (unpaired) electrons. The van der Waals surface area contributed by atoms with E-state index in [9.17, 15) is 4.79 Å². The predicted molar refractivity (Wildman–Crippen MR) is 110 cm³/mol. The summed E-state index contributed by atoms with van der Waals surface area (Å²) < 4.78 is 11.2. The van der Waals surface area contributed by atoms with Crippen LogP contribution in [0.5, 0.6) is 11.5 Å². The van der Waals surface area contributed by atoms with E-state index in [1.54, 1.807) is 18.3 Å². The van der Waals surface area contributed by atoms with Gasteiger partial charge in [0.1, 0.15) is 23.6 Å². The number of carbonyl (C=O) groups is 1. The molecule has 3 rings (SSSR count). The maximum absolute atomic E-state index is 12.0. The number of hydrogen-bond acceptors (Lipinski definition) is 4. The van der Waals surface area contributed by atoms with E-state index in [2.05, 4.69) is 27.5 Å². The predicted octanol–water partition coefficient (Wildman–Crippen LogP) is 3.84. The molecule has 2 aromatic carbocycles. The number of amides is 2. The minimum Gasteiger partial charge on any atom is -0.492 e. The number of fused-ring (bicyclic) bond motifs is 1. The molecule has 0 aliphatic heterocycles. The number of nitrogens with one attached hydrogen (secondary N) is 2. The van der Waals surface area contributed by atoms with Gasteiger partial charge in [0.05, 0.1) is 18.8 Å². The van der Waals surface area contributed by atoms with Crippen molar-refractivity contribution >= 4 is 22.6 Å². The summed E-state index contributed by atoms with van der Waals surface area (Å²) in [6.45, 7) is 2.84. The molecule has 3 aromatic rings. The second kappa shape index (κ2) is 9.83. The van der Waals surface area contributed by atoms with Crippen LogP contribution in [-0.4, -0.2) is 30.8 Å². The molecule has 0 spiro atoms. The number of para-hydroxylation sites is 3. The molecule has 0 unspecified atom stereocenters. The second-order valence-electron chi connectivity index (χ2n) is 5.71. The molecule has 2 N–H and O–H groups in total. The Kier molecular flexibility index (Phi) is 6.69. The number of nitrogens with zero attached hydrogens (tertiary/aromatic N) is 1. The number of carbonyl (C=O) groups excluding carboxylic acids is 1. The first-order chi connectivity index (χ1) is 13.8. The zero-order valence-corrected chi connectivity index (χ0v) is 15.6. The molecule has 28 heavy (non-hydrogen) atoms. The third kappa shape index (κ3) is 5.15. The lowest BCUT2D eigenvalue weighted by Crippen LogP contribution is -2.29. The van der Waals surface area contributed by atoms with Crippen LogP contribution in [0.4, 0.5) is 10.5 Å².